The van der Waals surface area contributed by atoms with Gasteiger partial charge in [-0.25, -0.2) is 9.59 Å². The Morgan fingerprint density at radius 1 is 1.45 bits per heavy atom. The topological polar surface area (TPSA) is 116 Å². The summed E-state index contributed by atoms with van der Waals surface area (Å²) in [6, 6.07) is -1.63. The van der Waals surface area contributed by atoms with Crippen molar-refractivity contribution in [1.29, 1.82) is 0 Å². The van der Waals surface area contributed by atoms with E-state index in [1.165, 1.54) is 7.11 Å². The van der Waals surface area contributed by atoms with E-state index in [1.807, 2.05) is 0 Å². The van der Waals surface area contributed by atoms with Crippen LogP contribution in [0, 0.1) is 0 Å². The van der Waals surface area contributed by atoms with Gasteiger partial charge in [0.05, 0.1) is 12.6 Å². The molecule has 0 aromatic rings. The normalized spacial score (nSPS) is 26.1. The molecule has 9 nitrogen and oxygen atoms in total. The molecule has 0 aromatic heterocycles. The zero-order chi connectivity index (χ0) is 14.9. The largest absolute Gasteiger partial charge is 0.480 e. The quantitative estimate of drug-likeness (QED) is 0.591. The monoisotopic (exact) mass is 285 g/mol. The number of carboxylic acid groups (broad SMARTS) is 1. The number of imide groups is 1. The van der Waals surface area contributed by atoms with E-state index in [0.717, 1.165) is 9.80 Å². The van der Waals surface area contributed by atoms with E-state index in [0.29, 0.717) is 0 Å². The van der Waals surface area contributed by atoms with E-state index >= 15 is 0 Å². The van der Waals surface area contributed by atoms with Crippen LogP contribution in [0.2, 0.25) is 0 Å². The van der Waals surface area contributed by atoms with Crippen LogP contribution in [0.4, 0.5) is 4.79 Å². The number of carbonyl (C=O) groups is 4. The van der Waals surface area contributed by atoms with Crippen LogP contribution >= 0.6 is 0 Å². The van der Waals surface area contributed by atoms with E-state index in [4.69, 9.17) is 9.84 Å². The van der Waals surface area contributed by atoms with Crippen molar-refractivity contribution in [2.75, 3.05) is 26.7 Å². The second-order valence-corrected chi connectivity index (χ2v) is 4.63. The Bertz CT molecular complexity index is 449. The Kier molecular flexibility index (Phi) is 3.89. The Balaban J connectivity index is 2.05. The molecular formula is C11H15N3O6. The maximum atomic E-state index is 12.1. The van der Waals surface area contributed by atoms with Crippen molar-refractivity contribution in [2.24, 2.45) is 0 Å². The van der Waals surface area contributed by atoms with Crippen molar-refractivity contribution < 1.29 is 29.0 Å². The van der Waals surface area contributed by atoms with Gasteiger partial charge in [0.25, 0.3) is 5.91 Å². The van der Waals surface area contributed by atoms with Crippen molar-refractivity contribution in [3.8, 4) is 0 Å². The molecule has 0 radical (unpaired) electrons. The van der Waals surface area contributed by atoms with E-state index < -0.39 is 36.4 Å². The van der Waals surface area contributed by atoms with Crippen LogP contribution < -0.4 is 5.32 Å². The van der Waals surface area contributed by atoms with E-state index in [2.05, 4.69) is 5.32 Å². The molecular weight excluding hydrogens is 270 g/mol. The molecule has 0 aliphatic carbocycles. The second-order valence-electron chi connectivity index (χ2n) is 4.63. The first-order valence-electron chi connectivity index (χ1n) is 6.07. The Labute approximate surface area is 114 Å². The number of carboxylic acids is 1. The van der Waals surface area contributed by atoms with Crippen LogP contribution in [0.25, 0.3) is 0 Å². The van der Waals surface area contributed by atoms with Crippen LogP contribution in [-0.4, -0.2) is 77.6 Å². The average molecular weight is 285 g/mol. The Morgan fingerprint density at radius 2 is 2.15 bits per heavy atom. The van der Waals surface area contributed by atoms with Gasteiger partial charge in [0.2, 0.25) is 5.91 Å². The molecule has 2 aliphatic heterocycles. The minimum absolute atomic E-state index is 0.135. The molecule has 2 fully saturated rings. The van der Waals surface area contributed by atoms with Gasteiger partial charge in [-0.2, -0.15) is 0 Å². The molecule has 2 heterocycles. The molecule has 2 N–H and O–H groups in total. The van der Waals surface area contributed by atoms with Crippen molar-refractivity contribution in [3.05, 3.63) is 0 Å². The number of methoxy groups -OCH3 is 1. The highest BCUT2D eigenvalue weighted by atomic mass is 16.5. The summed E-state index contributed by atoms with van der Waals surface area (Å²) in [5.74, 6) is -2.21. The van der Waals surface area contributed by atoms with Crippen molar-refractivity contribution in [3.63, 3.8) is 0 Å². The summed E-state index contributed by atoms with van der Waals surface area (Å²) in [5.41, 5.74) is 0. The summed E-state index contributed by atoms with van der Waals surface area (Å²) >= 11 is 0. The Hall–Kier alpha value is -2.16. The number of urea groups is 1. The van der Waals surface area contributed by atoms with Gasteiger partial charge < -0.3 is 20.1 Å². The maximum Gasteiger partial charge on any atom is 0.326 e. The van der Waals surface area contributed by atoms with Gasteiger partial charge in [-0.05, 0) is 0 Å². The third-order valence-corrected chi connectivity index (χ3v) is 3.43. The third-order valence-electron chi connectivity index (χ3n) is 3.43. The van der Waals surface area contributed by atoms with Gasteiger partial charge in [0.15, 0.2) is 0 Å². The predicted octanol–water partition coefficient (Wildman–Crippen LogP) is -1.76. The number of rotatable bonds is 4. The first kappa shape index (κ1) is 14.3. The number of likely N-dealkylation sites (tertiary alicyclic amines) is 1. The van der Waals surface area contributed by atoms with Crippen LogP contribution in [0.15, 0.2) is 0 Å². The molecule has 2 rings (SSSR count). The van der Waals surface area contributed by atoms with Crippen LogP contribution in [-0.2, 0) is 19.1 Å². The van der Waals surface area contributed by atoms with Crippen molar-refractivity contribution >= 4 is 23.8 Å². The number of aliphatic carboxylic acids is 1. The highest BCUT2D eigenvalue weighted by molar-refractivity contribution is 6.04. The molecule has 2 saturated heterocycles. The fraction of sp³-hybridized carbons (Fsp3) is 0.636. The van der Waals surface area contributed by atoms with Gasteiger partial charge in [0.1, 0.15) is 12.6 Å². The predicted molar refractivity (Wildman–Crippen MR) is 63.7 cm³/mol. The molecule has 2 aliphatic rings. The molecule has 4 amide bonds. The lowest BCUT2D eigenvalue weighted by atomic mass is 10.2. The maximum absolute atomic E-state index is 12.1. The van der Waals surface area contributed by atoms with Crippen molar-refractivity contribution in [1.82, 2.24) is 15.1 Å². The standard InChI is InChI=1S/C11H15N3O6/c1-20-6-2-7(10(17)18)13(4-6)9(16)5-14-8(15)3-12-11(14)19/h6-7H,2-5H2,1H3,(H,12,19)(H,17,18). The highest BCUT2D eigenvalue weighted by Gasteiger charge is 2.41. The summed E-state index contributed by atoms with van der Waals surface area (Å²) < 4.78 is 5.07. The number of amides is 4. The van der Waals surface area contributed by atoms with Gasteiger partial charge in [-0.15, -0.1) is 0 Å². The lowest BCUT2D eigenvalue weighted by molar-refractivity contribution is -0.148. The SMILES string of the molecule is COC1CC(C(=O)O)N(C(=O)CN2C(=O)CNC2=O)C1. The van der Waals surface area contributed by atoms with Gasteiger partial charge in [-0.1, -0.05) is 0 Å². The molecule has 0 saturated carbocycles. The number of ether oxygens (including phenoxy) is 1. The molecule has 20 heavy (non-hydrogen) atoms. The number of carbonyl (C=O) groups excluding carboxylic acids is 3. The fourth-order valence-electron chi connectivity index (χ4n) is 2.32. The highest BCUT2D eigenvalue weighted by Crippen LogP contribution is 2.20. The first-order chi connectivity index (χ1) is 9.43. The molecule has 2 atom stereocenters. The average Bonchev–Trinajstić information content (AvgIpc) is 2.97. The summed E-state index contributed by atoms with van der Waals surface area (Å²) in [6.07, 6.45) is -0.166. The lowest BCUT2D eigenvalue weighted by Gasteiger charge is -2.23. The van der Waals surface area contributed by atoms with E-state index in [9.17, 15) is 19.2 Å². The van der Waals surface area contributed by atoms with Gasteiger partial charge >= 0.3 is 12.0 Å². The van der Waals surface area contributed by atoms with Crippen molar-refractivity contribution in [2.45, 2.75) is 18.6 Å². The smallest absolute Gasteiger partial charge is 0.326 e. The number of nitrogens with one attached hydrogen (secondary N) is 1. The number of nitrogens with zero attached hydrogens (tertiary/aromatic N) is 2. The van der Waals surface area contributed by atoms with Crippen LogP contribution in [0.3, 0.4) is 0 Å². The number of hydrogen-bond acceptors (Lipinski definition) is 5. The van der Waals surface area contributed by atoms with Crippen LogP contribution in [0.5, 0.6) is 0 Å². The van der Waals surface area contributed by atoms with E-state index in [1.54, 1.807) is 0 Å². The fourth-order valence-corrected chi connectivity index (χ4v) is 2.32. The summed E-state index contributed by atoms with van der Waals surface area (Å²) in [7, 11) is 1.44. The summed E-state index contributed by atoms with van der Waals surface area (Å²) in [6.45, 7) is -0.462. The molecule has 0 bridgehead atoms. The summed E-state index contributed by atoms with van der Waals surface area (Å²) in [4.78, 5) is 47.9. The molecule has 9 heteroatoms. The Morgan fingerprint density at radius 3 is 2.65 bits per heavy atom. The lowest BCUT2D eigenvalue weighted by Crippen LogP contribution is -2.47. The zero-order valence-electron chi connectivity index (χ0n) is 10.9. The zero-order valence-corrected chi connectivity index (χ0v) is 10.9. The minimum Gasteiger partial charge on any atom is -0.480 e. The second kappa shape index (κ2) is 5.45. The van der Waals surface area contributed by atoms with E-state index in [-0.39, 0.29) is 25.6 Å². The molecule has 2 unspecified atom stereocenters. The molecule has 0 spiro atoms. The third kappa shape index (κ3) is 2.57. The molecule has 0 aromatic carbocycles. The van der Waals surface area contributed by atoms with Gasteiger partial charge in [-0.3, -0.25) is 14.5 Å². The molecule has 110 valence electrons. The first-order valence-corrected chi connectivity index (χ1v) is 6.07. The van der Waals surface area contributed by atoms with Gasteiger partial charge in [0, 0.05) is 20.1 Å². The minimum atomic E-state index is -1.13. The van der Waals surface area contributed by atoms with Crippen LogP contribution in [0.1, 0.15) is 6.42 Å². The summed E-state index contributed by atoms with van der Waals surface area (Å²) in [5, 5.41) is 11.4. The number of hydrogen-bond donors (Lipinski definition) is 2.